The van der Waals surface area contributed by atoms with Gasteiger partial charge in [0.05, 0.1) is 12.2 Å². The standard InChI is InChI=1S/C13H13N3O/c14-9-13(17)16-12-8-4-7-11(15-12)10-5-2-1-3-6-10/h1-8H,9,14H2,(H,15,16,17). The van der Waals surface area contributed by atoms with Crippen molar-refractivity contribution in [2.75, 3.05) is 11.9 Å². The Labute approximate surface area is 99.5 Å². The van der Waals surface area contributed by atoms with Gasteiger partial charge in [-0.3, -0.25) is 4.79 Å². The van der Waals surface area contributed by atoms with E-state index in [4.69, 9.17) is 5.73 Å². The summed E-state index contributed by atoms with van der Waals surface area (Å²) in [6, 6.07) is 15.3. The van der Waals surface area contributed by atoms with Gasteiger partial charge in [-0.2, -0.15) is 0 Å². The third-order valence-electron chi connectivity index (χ3n) is 2.27. The first kappa shape index (κ1) is 11.3. The minimum atomic E-state index is -0.247. The zero-order chi connectivity index (χ0) is 12.1. The lowest BCUT2D eigenvalue weighted by atomic mass is 10.1. The molecule has 0 bridgehead atoms. The number of nitrogens with zero attached hydrogens (tertiary/aromatic N) is 1. The minimum Gasteiger partial charge on any atom is -0.322 e. The van der Waals surface area contributed by atoms with Crippen LogP contribution < -0.4 is 11.1 Å². The highest BCUT2D eigenvalue weighted by Gasteiger charge is 2.02. The van der Waals surface area contributed by atoms with E-state index >= 15 is 0 Å². The van der Waals surface area contributed by atoms with Crippen molar-refractivity contribution in [3.8, 4) is 11.3 Å². The second kappa shape index (κ2) is 5.23. The van der Waals surface area contributed by atoms with Crippen LogP contribution in [0.2, 0.25) is 0 Å². The van der Waals surface area contributed by atoms with Crippen LogP contribution in [-0.4, -0.2) is 17.4 Å². The number of rotatable bonds is 3. The van der Waals surface area contributed by atoms with Crippen LogP contribution in [0.15, 0.2) is 48.5 Å². The molecule has 0 aliphatic carbocycles. The van der Waals surface area contributed by atoms with Crippen LogP contribution in [0.1, 0.15) is 0 Å². The number of benzene rings is 1. The molecule has 0 spiro atoms. The third-order valence-corrected chi connectivity index (χ3v) is 2.27. The van der Waals surface area contributed by atoms with Crippen LogP contribution in [0.3, 0.4) is 0 Å². The SMILES string of the molecule is NCC(=O)Nc1cccc(-c2ccccc2)n1. The topological polar surface area (TPSA) is 68.0 Å². The number of carbonyl (C=O) groups is 1. The Morgan fingerprint density at radius 1 is 1.12 bits per heavy atom. The van der Waals surface area contributed by atoms with Crippen molar-refractivity contribution < 1.29 is 4.79 Å². The molecular formula is C13H13N3O. The highest BCUT2D eigenvalue weighted by Crippen LogP contribution is 2.17. The molecule has 1 heterocycles. The van der Waals surface area contributed by atoms with Gasteiger partial charge >= 0.3 is 0 Å². The molecule has 17 heavy (non-hydrogen) atoms. The molecule has 0 aliphatic rings. The normalized spacial score (nSPS) is 9.94. The summed E-state index contributed by atoms with van der Waals surface area (Å²) in [6.45, 7) is -0.0444. The fraction of sp³-hybridized carbons (Fsp3) is 0.0769. The summed E-state index contributed by atoms with van der Waals surface area (Å²) >= 11 is 0. The lowest BCUT2D eigenvalue weighted by molar-refractivity contribution is -0.114. The summed E-state index contributed by atoms with van der Waals surface area (Å²) in [7, 11) is 0. The Morgan fingerprint density at radius 3 is 2.59 bits per heavy atom. The van der Waals surface area contributed by atoms with Gasteiger partial charge in [0.15, 0.2) is 0 Å². The van der Waals surface area contributed by atoms with Crippen molar-refractivity contribution in [3.05, 3.63) is 48.5 Å². The van der Waals surface area contributed by atoms with Crippen molar-refractivity contribution in [2.24, 2.45) is 5.73 Å². The smallest absolute Gasteiger partial charge is 0.239 e. The van der Waals surface area contributed by atoms with Gasteiger partial charge in [-0.05, 0) is 12.1 Å². The van der Waals surface area contributed by atoms with Gasteiger partial charge in [0.1, 0.15) is 5.82 Å². The predicted octanol–water partition coefficient (Wildman–Crippen LogP) is 1.65. The average Bonchev–Trinajstić information content (AvgIpc) is 2.40. The van der Waals surface area contributed by atoms with E-state index in [9.17, 15) is 4.79 Å². The molecule has 1 amide bonds. The molecule has 0 fully saturated rings. The van der Waals surface area contributed by atoms with Crippen molar-refractivity contribution >= 4 is 11.7 Å². The van der Waals surface area contributed by atoms with Crippen molar-refractivity contribution in [3.63, 3.8) is 0 Å². The maximum absolute atomic E-state index is 11.2. The summed E-state index contributed by atoms with van der Waals surface area (Å²) in [4.78, 5) is 15.5. The zero-order valence-corrected chi connectivity index (χ0v) is 9.26. The van der Waals surface area contributed by atoms with Gasteiger partial charge in [-0.25, -0.2) is 4.98 Å². The van der Waals surface area contributed by atoms with Crippen LogP contribution in [0.25, 0.3) is 11.3 Å². The number of anilines is 1. The number of nitrogens with one attached hydrogen (secondary N) is 1. The lowest BCUT2D eigenvalue weighted by Crippen LogP contribution is -2.22. The van der Waals surface area contributed by atoms with Crippen molar-refractivity contribution in [2.45, 2.75) is 0 Å². The van der Waals surface area contributed by atoms with E-state index in [1.807, 2.05) is 42.5 Å². The maximum atomic E-state index is 11.2. The molecule has 0 atom stereocenters. The molecule has 0 radical (unpaired) electrons. The van der Waals surface area contributed by atoms with Crippen LogP contribution >= 0.6 is 0 Å². The summed E-state index contributed by atoms with van der Waals surface area (Å²) in [5, 5.41) is 2.63. The Hall–Kier alpha value is -2.20. The monoisotopic (exact) mass is 227 g/mol. The number of hydrogen-bond acceptors (Lipinski definition) is 3. The van der Waals surface area contributed by atoms with E-state index in [0.717, 1.165) is 11.3 Å². The van der Waals surface area contributed by atoms with Crippen LogP contribution in [0.4, 0.5) is 5.82 Å². The Bertz CT molecular complexity index is 511. The lowest BCUT2D eigenvalue weighted by Gasteiger charge is -2.05. The van der Waals surface area contributed by atoms with Crippen LogP contribution in [0.5, 0.6) is 0 Å². The molecule has 4 nitrogen and oxygen atoms in total. The average molecular weight is 227 g/mol. The van der Waals surface area contributed by atoms with E-state index in [-0.39, 0.29) is 12.5 Å². The number of carbonyl (C=O) groups excluding carboxylic acids is 1. The number of amides is 1. The van der Waals surface area contributed by atoms with Crippen molar-refractivity contribution in [1.29, 1.82) is 0 Å². The van der Waals surface area contributed by atoms with Gasteiger partial charge < -0.3 is 11.1 Å². The fourth-order valence-electron chi connectivity index (χ4n) is 1.47. The Balaban J connectivity index is 2.26. The molecule has 0 saturated carbocycles. The maximum Gasteiger partial charge on any atom is 0.239 e. The highest BCUT2D eigenvalue weighted by molar-refractivity contribution is 5.91. The van der Waals surface area contributed by atoms with Crippen LogP contribution in [-0.2, 0) is 4.79 Å². The van der Waals surface area contributed by atoms with E-state index in [1.165, 1.54) is 0 Å². The second-order valence-electron chi connectivity index (χ2n) is 3.53. The number of hydrogen-bond donors (Lipinski definition) is 2. The molecule has 86 valence electrons. The number of aromatic nitrogens is 1. The van der Waals surface area contributed by atoms with Gasteiger partial charge in [-0.1, -0.05) is 36.4 Å². The molecule has 0 unspecified atom stereocenters. The summed E-state index contributed by atoms with van der Waals surface area (Å²) in [5.74, 6) is 0.268. The minimum absolute atomic E-state index is 0.0444. The summed E-state index contributed by atoms with van der Waals surface area (Å²) in [6.07, 6.45) is 0. The second-order valence-corrected chi connectivity index (χ2v) is 3.53. The van der Waals surface area contributed by atoms with E-state index in [0.29, 0.717) is 5.82 Å². The molecule has 2 rings (SSSR count). The van der Waals surface area contributed by atoms with E-state index < -0.39 is 0 Å². The molecule has 1 aromatic carbocycles. The Kier molecular flexibility index (Phi) is 3.47. The molecule has 0 saturated heterocycles. The molecule has 1 aromatic heterocycles. The molecule has 2 aromatic rings. The van der Waals surface area contributed by atoms with Crippen LogP contribution in [0, 0.1) is 0 Å². The predicted molar refractivity (Wildman–Crippen MR) is 67.4 cm³/mol. The first-order valence-corrected chi connectivity index (χ1v) is 5.32. The first-order chi connectivity index (χ1) is 8.29. The largest absolute Gasteiger partial charge is 0.322 e. The van der Waals surface area contributed by atoms with Gasteiger partial charge in [0.2, 0.25) is 5.91 Å². The quantitative estimate of drug-likeness (QED) is 0.837. The molecule has 0 aliphatic heterocycles. The molecule has 3 N–H and O–H groups in total. The van der Waals surface area contributed by atoms with E-state index in [2.05, 4.69) is 10.3 Å². The van der Waals surface area contributed by atoms with Gasteiger partial charge in [0.25, 0.3) is 0 Å². The van der Waals surface area contributed by atoms with Gasteiger partial charge in [-0.15, -0.1) is 0 Å². The molecule has 4 heteroatoms. The zero-order valence-electron chi connectivity index (χ0n) is 9.26. The number of nitrogens with two attached hydrogens (primary N) is 1. The first-order valence-electron chi connectivity index (χ1n) is 5.32. The number of pyridine rings is 1. The van der Waals surface area contributed by atoms with Crippen molar-refractivity contribution in [1.82, 2.24) is 4.98 Å². The summed E-state index contributed by atoms with van der Waals surface area (Å²) in [5.41, 5.74) is 7.06. The Morgan fingerprint density at radius 2 is 1.88 bits per heavy atom. The summed E-state index contributed by atoms with van der Waals surface area (Å²) < 4.78 is 0. The highest BCUT2D eigenvalue weighted by atomic mass is 16.1. The third kappa shape index (κ3) is 2.89. The molecular weight excluding hydrogens is 214 g/mol. The van der Waals surface area contributed by atoms with E-state index in [1.54, 1.807) is 6.07 Å². The van der Waals surface area contributed by atoms with Gasteiger partial charge in [0, 0.05) is 5.56 Å². The fourth-order valence-corrected chi connectivity index (χ4v) is 1.47.